The first kappa shape index (κ1) is 22.9. The van der Waals surface area contributed by atoms with Crippen LogP contribution in [-0.2, 0) is 0 Å². The van der Waals surface area contributed by atoms with Crippen LogP contribution in [0.3, 0.4) is 0 Å². The minimum absolute atomic E-state index is 0.568. The predicted molar refractivity (Wildman–Crippen MR) is 169 cm³/mol. The summed E-state index contributed by atoms with van der Waals surface area (Å²) in [5.74, 6) is 1.78. The summed E-state index contributed by atoms with van der Waals surface area (Å²) in [5, 5.41) is 4.39. The molecular formula is C37H22N4O. The lowest BCUT2D eigenvalue weighted by molar-refractivity contribution is 0.669. The number of anilines is 3. The topological polar surface area (TPSA) is 55.1 Å². The molecule has 9 rings (SSSR count). The molecule has 0 unspecified atom stereocenters. The van der Waals surface area contributed by atoms with Gasteiger partial charge >= 0.3 is 0 Å². The zero-order chi connectivity index (χ0) is 27.6. The molecule has 0 bridgehead atoms. The maximum absolute atomic E-state index is 6.22. The number of furan rings is 1. The van der Waals surface area contributed by atoms with Gasteiger partial charge in [0.25, 0.3) is 0 Å². The molecule has 0 aliphatic carbocycles. The molecule has 6 aromatic carbocycles. The molecule has 0 saturated carbocycles. The number of hydrogen-bond donors (Lipinski definition) is 0. The van der Waals surface area contributed by atoms with Crippen molar-refractivity contribution in [3.8, 4) is 33.9 Å². The molecule has 196 valence electrons. The molecule has 0 amide bonds. The van der Waals surface area contributed by atoms with Gasteiger partial charge in [-0.3, -0.25) is 4.90 Å². The van der Waals surface area contributed by atoms with Gasteiger partial charge in [-0.2, -0.15) is 9.97 Å². The van der Waals surface area contributed by atoms with Crippen LogP contribution in [0.5, 0.6) is 0 Å². The molecule has 5 heteroatoms. The van der Waals surface area contributed by atoms with E-state index in [0.29, 0.717) is 17.6 Å². The Kier molecular flexibility index (Phi) is 4.83. The lowest BCUT2D eigenvalue weighted by atomic mass is 9.91. The third-order valence-electron chi connectivity index (χ3n) is 8.06. The van der Waals surface area contributed by atoms with Crippen LogP contribution in [0.1, 0.15) is 0 Å². The van der Waals surface area contributed by atoms with Crippen LogP contribution >= 0.6 is 0 Å². The Hall–Kier alpha value is -5.81. The first-order chi connectivity index (χ1) is 20.8. The summed E-state index contributed by atoms with van der Waals surface area (Å²) in [5.41, 5.74) is 7.91. The number of benzene rings is 6. The molecule has 0 saturated heterocycles. The fourth-order valence-corrected chi connectivity index (χ4v) is 6.24. The van der Waals surface area contributed by atoms with Crippen molar-refractivity contribution in [1.82, 2.24) is 15.0 Å². The zero-order valence-corrected chi connectivity index (χ0v) is 22.4. The molecule has 0 fully saturated rings. The molecule has 3 heterocycles. The molecule has 2 aromatic heterocycles. The van der Waals surface area contributed by atoms with Gasteiger partial charge in [-0.25, -0.2) is 4.98 Å². The molecular weight excluding hydrogens is 516 g/mol. The van der Waals surface area contributed by atoms with E-state index in [9.17, 15) is 0 Å². The largest absolute Gasteiger partial charge is 0.456 e. The minimum atomic E-state index is 0.568. The molecule has 8 aromatic rings. The fraction of sp³-hybridized carbons (Fsp3) is 0. The number of aromatic nitrogens is 3. The Labute approximate surface area is 241 Å². The molecule has 42 heavy (non-hydrogen) atoms. The third-order valence-corrected chi connectivity index (χ3v) is 8.06. The summed E-state index contributed by atoms with van der Waals surface area (Å²) < 4.78 is 6.22. The Morgan fingerprint density at radius 1 is 0.452 bits per heavy atom. The van der Waals surface area contributed by atoms with Crippen LogP contribution in [0.2, 0.25) is 0 Å². The normalized spacial score (nSPS) is 12.2. The third kappa shape index (κ3) is 3.34. The highest BCUT2D eigenvalue weighted by Gasteiger charge is 2.28. The Balaban J connectivity index is 1.37. The minimum Gasteiger partial charge on any atom is -0.456 e. The summed E-state index contributed by atoms with van der Waals surface area (Å²) >= 11 is 0. The summed E-state index contributed by atoms with van der Waals surface area (Å²) in [4.78, 5) is 17.6. The van der Waals surface area contributed by atoms with Crippen LogP contribution in [-0.4, -0.2) is 15.0 Å². The second-order valence-corrected chi connectivity index (χ2v) is 10.5. The van der Waals surface area contributed by atoms with Gasteiger partial charge < -0.3 is 4.42 Å². The smallest absolute Gasteiger partial charge is 0.238 e. The summed E-state index contributed by atoms with van der Waals surface area (Å²) in [6.45, 7) is 0. The number of nitrogens with zero attached hydrogens (tertiary/aromatic N) is 4. The van der Waals surface area contributed by atoms with E-state index >= 15 is 0 Å². The van der Waals surface area contributed by atoms with Gasteiger partial charge in [-0.05, 0) is 35.2 Å². The number of para-hydroxylation sites is 2. The predicted octanol–water partition coefficient (Wildman–Crippen LogP) is 9.71. The van der Waals surface area contributed by atoms with Crippen molar-refractivity contribution < 1.29 is 4.42 Å². The van der Waals surface area contributed by atoms with Crippen molar-refractivity contribution >= 4 is 50.0 Å². The van der Waals surface area contributed by atoms with Gasteiger partial charge in [0.05, 0.1) is 11.4 Å². The van der Waals surface area contributed by atoms with E-state index in [0.717, 1.165) is 50.0 Å². The van der Waals surface area contributed by atoms with Crippen LogP contribution < -0.4 is 4.90 Å². The average molecular weight is 539 g/mol. The van der Waals surface area contributed by atoms with Gasteiger partial charge in [-0.1, -0.05) is 109 Å². The average Bonchev–Trinajstić information content (AvgIpc) is 3.44. The first-order valence-electron chi connectivity index (χ1n) is 14.0. The molecule has 1 aliphatic rings. The molecule has 0 spiro atoms. The van der Waals surface area contributed by atoms with Gasteiger partial charge in [-0.15, -0.1) is 0 Å². The van der Waals surface area contributed by atoms with Crippen LogP contribution in [0.25, 0.3) is 66.6 Å². The zero-order valence-electron chi connectivity index (χ0n) is 22.4. The SMILES string of the molecule is c1ccc(-c2nc(-c3cccc4oc5ccccc5c34)nc(N3c4ccccc4-c4cccc5cccc3c45)n2)cc1. The van der Waals surface area contributed by atoms with Crippen LogP contribution in [0, 0.1) is 0 Å². The highest BCUT2D eigenvalue weighted by molar-refractivity contribution is 6.14. The second-order valence-electron chi connectivity index (χ2n) is 10.5. The van der Waals surface area contributed by atoms with Gasteiger partial charge in [0, 0.05) is 32.8 Å². The monoisotopic (exact) mass is 538 g/mol. The lowest BCUT2D eigenvalue weighted by Crippen LogP contribution is -2.18. The summed E-state index contributed by atoms with van der Waals surface area (Å²) in [7, 11) is 0. The van der Waals surface area contributed by atoms with E-state index in [1.54, 1.807) is 0 Å². The highest BCUT2D eigenvalue weighted by atomic mass is 16.3. The van der Waals surface area contributed by atoms with Crippen molar-refractivity contribution in [2.75, 3.05) is 4.90 Å². The summed E-state index contributed by atoms with van der Waals surface area (Å²) in [6.07, 6.45) is 0. The lowest BCUT2D eigenvalue weighted by Gasteiger charge is -2.32. The number of hydrogen-bond acceptors (Lipinski definition) is 5. The van der Waals surface area contributed by atoms with Gasteiger partial charge in [0.1, 0.15) is 11.2 Å². The van der Waals surface area contributed by atoms with Crippen molar-refractivity contribution in [1.29, 1.82) is 0 Å². The van der Waals surface area contributed by atoms with E-state index in [-0.39, 0.29) is 0 Å². The van der Waals surface area contributed by atoms with E-state index in [2.05, 4.69) is 77.7 Å². The first-order valence-corrected chi connectivity index (χ1v) is 14.0. The maximum atomic E-state index is 6.22. The van der Waals surface area contributed by atoms with Crippen molar-refractivity contribution in [3.05, 3.63) is 133 Å². The van der Waals surface area contributed by atoms with Crippen molar-refractivity contribution in [2.24, 2.45) is 0 Å². The summed E-state index contributed by atoms with van der Waals surface area (Å²) in [6, 6.07) is 45.6. The molecule has 0 N–H and O–H groups in total. The Morgan fingerprint density at radius 2 is 1.12 bits per heavy atom. The van der Waals surface area contributed by atoms with Gasteiger partial charge in [0.15, 0.2) is 11.6 Å². The van der Waals surface area contributed by atoms with Crippen molar-refractivity contribution in [3.63, 3.8) is 0 Å². The van der Waals surface area contributed by atoms with Crippen LogP contribution in [0.15, 0.2) is 138 Å². The van der Waals surface area contributed by atoms with E-state index in [4.69, 9.17) is 19.4 Å². The van der Waals surface area contributed by atoms with Gasteiger partial charge in [0.2, 0.25) is 5.95 Å². The molecule has 0 atom stereocenters. The van der Waals surface area contributed by atoms with Crippen molar-refractivity contribution in [2.45, 2.75) is 0 Å². The number of rotatable bonds is 3. The Bertz CT molecular complexity index is 2320. The number of fused-ring (bicyclic) bond motifs is 5. The van der Waals surface area contributed by atoms with E-state index in [1.807, 2.05) is 60.7 Å². The fourth-order valence-electron chi connectivity index (χ4n) is 6.24. The molecule has 1 aliphatic heterocycles. The quantitative estimate of drug-likeness (QED) is 0.224. The standard InChI is InChI=1S/C37H22N4O/c1-2-11-24(12-3-1)35-38-36(28-18-10-22-32-34(28)27-16-5-7-21-31(27)42-32)40-37(39-35)41-29-19-6-4-15-25(29)26-17-8-13-23-14-9-20-30(41)33(23)26/h1-22H. The second kappa shape index (κ2) is 8.85. The van der Waals surface area contributed by atoms with E-state index in [1.165, 1.54) is 16.3 Å². The highest BCUT2D eigenvalue weighted by Crippen LogP contribution is 2.50. The van der Waals surface area contributed by atoms with E-state index < -0.39 is 0 Å². The Morgan fingerprint density at radius 3 is 2.05 bits per heavy atom. The molecule has 5 nitrogen and oxygen atoms in total. The maximum Gasteiger partial charge on any atom is 0.238 e. The molecule has 0 radical (unpaired) electrons. The van der Waals surface area contributed by atoms with Crippen LogP contribution in [0.4, 0.5) is 17.3 Å².